The first-order valence-corrected chi connectivity index (χ1v) is 8.90. The molecule has 0 saturated carbocycles. The number of phenols is 1. The number of carbonyl (C=O) groups is 1. The highest BCUT2D eigenvalue weighted by Crippen LogP contribution is 2.62. The van der Waals surface area contributed by atoms with Crippen molar-refractivity contribution in [1.82, 2.24) is 4.90 Å². The molecule has 1 fully saturated rings. The Labute approximate surface area is 131 Å². The summed E-state index contributed by atoms with van der Waals surface area (Å²) in [5.74, 6) is -0.861. The number of hydrogen-bond acceptors (Lipinski definition) is 5. The largest absolute Gasteiger partial charge is 0.508 e. The van der Waals surface area contributed by atoms with Gasteiger partial charge in [0.2, 0.25) is 0 Å². The summed E-state index contributed by atoms with van der Waals surface area (Å²) in [6, 6.07) is 6.23. The quantitative estimate of drug-likeness (QED) is 0.677. The highest BCUT2D eigenvalue weighted by molar-refractivity contribution is 8.25. The van der Waals surface area contributed by atoms with Crippen LogP contribution in [0.25, 0.3) is 0 Å². The lowest BCUT2D eigenvalue weighted by Gasteiger charge is -2.57. The fourth-order valence-corrected chi connectivity index (χ4v) is 5.07. The van der Waals surface area contributed by atoms with Crippen LogP contribution in [0.3, 0.4) is 0 Å². The number of aromatic hydroxyl groups is 1. The maximum Gasteiger partial charge on any atom is 0.305 e. The number of aliphatic carboxylic acids is 1. The van der Waals surface area contributed by atoms with Crippen LogP contribution in [-0.2, 0) is 9.54 Å². The number of carboxylic acid groups (broad SMARTS) is 1. The van der Waals surface area contributed by atoms with E-state index < -0.39 is 21.3 Å². The molecule has 1 aromatic rings. The minimum Gasteiger partial charge on any atom is -0.508 e. The van der Waals surface area contributed by atoms with Crippen LogP contribution < -0.4 is 0 Å². The first-order chi connectivity index (χ1) is 10.2. The zero-order valence-electron chi connectivity index (χ0n) is 12.8. The molecular weight excluding hydrogens is 306 g/mol. The van der Waals surface area contributed by atoms with Crippen molar-refractivity contribution in [1.29, 1.82) is 0 Å². The van der Waals surface area contributed by atoms with Crippen molar-refractivity contribution in [3.63, 3.8) is 0 Å². The van der Waals surface area contributed by atoms with Crippen molar-refractivity contribution >= 4 is 16.6 Å². The van der Waals surface area contributed by atoms with E-state index in [9.17, 15) is 24.1 Å². The third-order valence-corrected chi connectivity index (χ3v) is 6.82. The smallest absolute Gasteiger partial charge is 0.305 e. The van der Waals surface area contributed by atoms with E-state index in [-0.39, 0.29) is 30.5 Å². The topological polar surface area (TPSA) is 101 Å². The van der Waals surface area contributed by atoms with Crippen molar-refractivity contribution in [2.75, 3.05) is 18.8 Å². The third kappa shape index (κ3) is 3.08. The minimum absolute atomic E-state index is 0.0576. The zero-order valence-corrected chi connectivity index (χ0v) is 13.6. The van der Waals surface area contributed by atoms with Crippen LogP contribution in [0.2, 0.25) is 0 Å². The van der Waals surface area contributed by atoms with Gasteiger partial charge in [0.15, 0.2) is 0 Å². The van der Waals surface area contributed by atoms with E-state index in [0.29, 0.717) is 12.1 Å². The predicted octanol–water partition coefficient (Wildman–Crippen LogP) is 2.54. The van der Waals surface area contributed by atoms with Gasteiger partial charge in [-0.3, -0.25) is 18.8 Å². The fourth-order valence-electron chi connectivity index (χ4n) is 2.95. The van der Waals surface area contributed by atoms with E-state index in [1.807, 2.05) is 13.8 Å². The molecule has 1 aromatic carbocycles. The molecule has 4 N–H and O–H groups in total. The van der Waals surface area contributed by atoms with Crippen molar-refractivity contribution in [3.05, 3.63) is 29.8 Å². The normalized spacial score (nSPS) is 26.8. The Morgan fingerprint density at radius 2 is 1.91 bits per heavy atom. The summed E-state index contributed by atoms with van der Waals surface area (Å²) in [6.07, 6.45) is -0.358. The van der Waals surface area contributed by atoms with Gasteiger partial charge in [0, 0.05) is 19.1 Å². The summed E-state index contributed by atoms with van der Waals surface area (Å²) in [7, 11) is -3.12. The second-order valence-electron chi connectivity index (χ2n) is 6.05. The van der Waals surface area contributed by atoms with E-state index in [4.69, 9.17) is 0 Å². The number of hydrogen-bond donors (Lipinski definition) is 4. The van der Waals surface area contributed by atoms with Crippen LogP contribution in [0.1, 0.15) is 25.8 Å². The number of nitrogens with zero attached hydrogens (tertiary/aromatic N) is 1. The van der Waals surface area contributed by atoms with E-state index in [1.165, 1.54) is 12.1 Å². The molecule has 0 aromatic heterocycles. The molecule has 2 rings (SSSR count). The molecule has 1 heterocycles. The van der Waals surface area contributed by atoms with E-state index >= 15 is 0 Å². The third-order valence-electron chi connectivity index (χ3n) is 4.31. The van der Waals surface area contributed by atoms with Crippen molar-refractivity contribution in [2.24, 2.45) is 0 Å². The molecule has 0 spiro atoms. The molecule has 0 bridgehead atoms. The molecule has 0 radical (unpaired) electrons. The molecule has 6 nitrogen and oxygen atoms in total. The first kappa shape index (κ1) is 17.1. The molecule has 22 heavy (non-hydrogen) atoms. The summed E-state index contributed by atoms with van der Waals surface area (Å²) in [5.41, 5.74) is 0.540. The lowest BCUT2D eigenvalue weighted by atomic mass is 9.93. The van der Waals surface area contributed by atoms with Crippen LogP contribution in [0.4, 0.5) is 0 Å². The Kier molecular flexibility index (Phi) is 4.72. The van der Waals surface area contributed by atoms with Crippen molar-refractivity contribution in [3.8, 4) is 5.75 Å². The van der Waals surface area contributed by atoms with Gasteiger partial charge in [-0.2, -0.15) is 10.6 Å². The Morgan fingerprint density at radius 1 is 1.32 bits per heavy atom. The van der Waals surface area contributed by atoms with Crippen LogP contribution in [0.5, 0.6) is 5.75 Å². The Morgan fingerprint density at radius 3 is 2.41 bits per heavy atom. The number of phenolic OH excluding ortho intramolecular Hbond substituents is 1. The van der Waals surface area contributed by atoms with Gasteiger partial charge in [-0.05, 0) is 31.5 Å². The predicted molar refractivity (Wildman–Crippen MR) is 86.5 cm³/mol. The Hall–Kier alpha value is -1.28. The SMILES string of the molecule is CC(C)N1CCS(O)(O)C(CC(=O)O)(c2ccc(O)cc2)C1. The molecule has 0 amide bonds. The molecule has 1 aliphatic rings. The molecule has 1 unspecified atom stereocenters. The number of carboxylic acids is 1. The maximum absolute atomic E-state index is 11.4. The van der Waals surface area contributed by atoms with Crippen LogP contribution in [-0.4, -0.2) is 55.1 Å². The second-order valence-corrected chi connectivity index (χ2v) is 8.57. The molecule has 7 heteroatoms. The van der Waals surface area contributed by atoms with Gasteiger partial charge in [-0.25, -0.2) is 0 Å². The van der Waals surface area contributed by atoms with Crippen LogP contribution in [0, 0.1) is 0 Å². The average Bonchev–Trinajstić information content (AvgIpc) is 2.41. The second kappa shape index (κ2) is 6.08. The Bertz CT molecular complexity index is 545. The highest BCUT2D eigenvalue weighted by Gasteiger charge is 2.50. The average molecular weight is 329 g/mol. The summed E-state index contributed by atoms with van der Waals surface area (Å²) in [6.45, 7) is 4.79. The number of benzene rings is 1. The van der Waals surface area contributed by atoms with Gasteiger partial charge >= 0.3 is 5.97 Å². The van der Waals surface area contributed by atoms with Gasteiger partial charge in [0.05, 0.1) is 12.2 Å². The van der Waals surface area contributed by atoms with Gasteiger partial charge in [-0.15, -0.1) is 0 Å². The summed E-state index contributed by atoms with van der Waals surface area (Å²) in [5, 5.41) is 18.8. The van der Waals surface area contributed by atoms with Crippen molar-refractivity contribution < 1.29 is 24.1 Å². The molecule has 124 valence electrons. The molecule has 0 aliphatic carbocycles. The lowest BCUT2D eigenvalue weighted by Crippen LogP contribution is -2.54. The summed E-state index contributed by atoms with van der Waals surface area (Å²) < 4.78 is 20.0. The molecule has 1 aliphatic heterocycles. The first-order valence-electron chi connectivity index (χ1n) is 7.19. The van der Waals surface area contributed by atoms with Crippen molar-refractivity contribution in [2.45, 2.75) is 31.1 Å². The minimum atomic E-state index is -3.12. The summed E-state index contributed by atoms with van der Waals surface area (Å²) in [4.78, 5) is 13.5. The summed E-state index contributed by atoms with van der Waals surface area (Å²) >= 11 is 0. The molecular formula is C15H23NO5S. The fraction of sp³-hybridized carbons (Fsp3) is 0.533. The number of rotatable bonds is 4. The van der Waals surface area contributed by atoms with Gasteiger partial charge in [0.1, 0.15) is 10.5 Å². The van der Waals surface area contributed by atoms with E-state index in [1.54, 1.807) is 12.1 Å². The van der Waals surface area contributed by atoms with Crippen LogP contribution >= 0.6 is 10.6 Å². The van der Waals surface area contributed by atoms with Gasteiger partial charge < -0.3 is 10.2 Å². The Balaban J connectivity index is 2.53. The van der Waals surface area contributed by atoms with Gasteiger partial charge in [-0.1, -0.05) is 12.1 Å². The lowest BCUT2D eigenvalue weighted by molar-refractivity contribution is -0.138. The van der Waals surface area contributed by atoms with E-state index in [2.05, 4.69) is 4.90 Å². The molecule has 1 atom stereocenters. The zero-order chi connectivity index (χ0) is 16.5. The van der Waals surface area contributed by atoms with Gasteiger partial charge in [0.25, 0.3) is 0 Å². The molecule has 1 saturated heterocycles. The maximum atomic E-state index is 11.4. The monoisotopic (exact) mass is 329 g/mol. The van der Waals surface area contributed by atoms with Crippen LogP contribution in [0.15, 0.2) is 24.3 Å². The standard InChI is InChI=1S/C15H23NO5S/c1-11(2)16-7-8-22(20,21)15(10-16,9-14(18)19)12-3-5-13(17)6-4-12/h3-6,11,17,20-21H,7-10H2,1-2H3,(H,18,19). The van der Waals surface area contributed by atoms with E-state index in [0.717, 1.165) is 0 Å². The highest BCUT2D eigenvalue weighted by atomic mass is 32.3.